The summed E-state index contributed by atoms with van der Waals surface area (Å²) in [5.41, 5.74) is 7.24. The first kappa shape index (κ1) is 15.3. The maximum Gasteiger partial charge on any atom is 0.122 e. The summed E-state index contributed by atoms with van der Waals surface area (Å²) in [5, 5.41) is 10.9. The van der Waals surface area contributed by atoms with E-state index in [1.807, 2.05) is 24.3 Å². The zero-order valence-corrected chi connectivity index (χ0v) is 13.2. The minimum atomic E-state index is -0.443. The van der Waals surface area contributed by atoms with Crippen LogP contribution in [0.3, 0.4) is 0 Å². The molecule has 20 heavy (non-hydrogen) atoms. The largest absolute Gasteiger partial charge is 0.496 e. The van der Waals surface area contributed by atoms with E-state index < -0.39 is 6.10 Å². The average molecular weight is 277 g/mol. The van der Waals surface area contributed by atoms with Gasteiger partial charge in [0.1, 0.15) is 5.75 Å². The van der Waals surface area contributed by atoms with Crippen molar-refractivity contribution in [1.29, 1.82) is 0 Å². The lowest BCUT2D eigenvalue weighted by atomic mass is 9.87. The lowest BCUT2D eigenvalue weighted by molar-refractivity contribution is 0.101. The van der Waals surface area contributed by atoms with Crippen LogP contribution in [-0.4, -0.2) is 24.9 Å². The number of rotatable bonds is 5. The number of hydrogen-bond acceptors (Lipinski definition) is 3. The summed E-state index contributed by atoms with van der Waals surface area (Å²) in [6, 6.07) is 7.83. The van der Waals surface area contributed by atoms with Gasteiger partial charge in [0.15, 0.2) is 0 Å². The van der Waals surface area contributed by atoms with Crippen LogP contribution in [0.25, 0.3) is 0 Å². The fourth-order valence-electron chi connectivity index (χ4n) is 3.76. The molecule has 0 radical (unpaired) electrons. The quantitative estimate of drug-likeness (QED) is 0.870. The Morgan fingerprint density at radius 1 is 1.20 bits per heavy atom. The van der Waals surface area contributed by atoms with Crippen molar-refractivity contribution in [3.8, 4) is 5.75 Å². The summed E-state index contributed by atoms with van der Waals surface area (Å²) in [6.45, 7) is 9.30. The van der Waals surface area contributed by atoms with Gasteiger partial charge in [-0.3, -0.25) is 0 Å². The molecule has 1 saturated carbocycles. The van der Waals surface area contributed by atoms with Crippen LogP contribution in [0.4, 0.5) is 0 Å². The van der Waals surface area contributed by atoms with Crippen LogP contribution in [-0.2, 0) is 0 Å². The molecule has 2 unspecified atom stereocenters. The summed E-state index contributed by atoms with van der Waals surface area (Å²) in [6.07, 6.45) is -0.443. The van der Waals surface area contributed by atoms with E-state index in [0.29, 0.717) is 6.54 Å². The van der Waals surface area contributed by atoms with Crippen molar-refractivity contribution in [3.05, 3.63) is 29.8 Å². The number of methoxy groups -OCH3 is 1. The molecule has 0 bridgehead atoms. The van der Waals surface area contributed by atoms with Gasteiger partial charge in [0, 0.05) is 18.0 Å². The van der Waals surface area contributed by atoms with Gasteiger partial charge >= 0.3 is 0 Å². The van der Waals surface area contributed by atoms with Crippen LogP contribution in [0, 0.1) is 16.7 Å². The maximum absolute atomic E-state index is 10.9. The number of aliphatic hydroxyl groups excluding tert-OH is 1. The fourth-order valence-corrected chi connectivity index (χ4v) is 3.76. The Morgan fingerprint density at radius 3 is 2.20 bits per heavy atom. The van der Waals surface area contributed by atoms with Gasteiger partial charge in [0.05, 0.1) is 13.2 Å². The molecule has 1 aliphatic rings. The third-order valence-corrected chi connectivity index (χ3v) is 5.68. The van der Waals surface area contributed by atoms with Crippen molar-refractivity contribution in [3.63, 3.8) is 0 Å². The monoisotopic (exact) mass is 277 g/mol. The van der Waals surface area contributed by atoms with Crippen LogP contribution in [0.2, 0.25) is 0 Å². The predicted octanol–water partition coefficient (Wildman–Crippen LogP) is 2.78. The van der Waals surface area contributed by atoms with Crippen molar-refractivity contribution in [1.82, 2.24) is 0 Å². The van der Waals surface area contributed by atoms with Crippen molar-refractivity contribution < 1.29 is 9.84 Å². The SMILES string of the molecule is COc1ccccc1C(CN)C(O)C1C(C)(C)C1(C)C. The Kier molecular flexibility index (Phi) is 3.87. The highest BCUT2D eigenvalue weighted by Crippen LogP contribution is 2.70. The van der Waals surface area contributed by atoms with Gasteiger partial charge in [0.25, 0.3) is 0 Å². The Labute approximate surface area is 122 Å². The van der Waals surface area contributed by atoms with E-state index in [1.54, 1.807) is 7.11 Å². The topological polar surface area (TPSA) is 55.5 Å². The summed E-state index contributed by atoms with van der Waals surface area (Å²) < 4.78 is 5.42. The highest BCUT2D eigenvalue weighted by molar-refractivity contribution is 5.38. The minimum absolute atomic E-state index is 0.0859. The molecule has 0 saturated heterocycles. The van der Waals surface area contributed by atoms with Crippen LogP contribution in [0.5, 0.6) is 5.75 Å². The molecule has 1 fully saturated rings. The number of hydrogen-bond donors (Lipinski definition) is 2. The van der Waals surface area contributed by atoms with Gasteiger partial charge in [-0.05, 0) is 22.8 Å². The van der Waals surface area contributed by atoms with E-state index in [9.17, 15) is 5.11 Å². The van der Waals surface area contributed by atoms with Crippen LogP contribution >= 0.6 is 0 Å². The van der Waals surface area contributed by atoms with Crippen molar-refractivity contribution in [2.24, 2.45) is 22.5 Å². The van der Waals surface area contributed by atoms with Crippen molar-refractivity contribution >= 4 is 0 Å². The zero-order chi connectivity index (χ0) is 15.1. The molecule has 0 aromatic heterocycles. The standard InChI is InChI=1S/C17H27NO2/c1-16(2)15(17(16,3)4)14(19)12(10-18)11-8-6-7-9-13(11)20-5/h6-9,12,14-15,19H,10,18H2,1-5H3. The van der Waals surface area contributed by atoms with Gasteiger partial charge in [-0.1, -0.05) is 45.9 Å². The second-order valence-electron chi connectivity index (χ2n) is 7.00. The molecule has 3 heteroatoms. The summed E-state index contributed by atoms with van der Waals surface area (Å²) >= 11 is 0. The average Bonchev–Trinajstić information content (AvgIpc) is 2.81. The summed E-state index contributed by atoms with van der Waals surface area (Å²) in [7, 11) is 1.66. The van der Waals surface area contributed by atoms with E-state index in [-0.39, 0.29) is 22.7 Å². The van der Waals surface area contributed by atoms with Crippen LogP contribution < -0.4 is 10.5 Å². The molecule has 112 valence electrons. The smallest absolute Gasteiger partial charge is 0.122 e. The number of nitrogens with two attached hydrogens (primary N) is 1. The molecule has 2 rings (SSSR count). The third-order valence-electron chi connectivity index (χ3n) is 5.68. The molecule has 2 atom stereocenters. The second kappa shape index (κ2) is 5.05. The van der Waals surface area contributed by atoms with Crippen molar-refractivity contribution in [2.75, 3.05) is 13.7 Å². The number of para-hydroxylation sites is 1. The number of benzene rings is 1. The molecule has 0 amide bonds. The van der Waals surface area contributed by atoms with Gasteiger partial charge in [-0.25, -0.2) is 0 Å². The molecule has 1 aliphatic carbocycles. The maximum atomic E-state index is 10.9. The Morgan fingerprint density at radius 2 is 1.75 bits per heavy atom. The minimum Gasteiger partial charge on any atom is -0.496 e. The summed E-state index contributed by atoms with van der Waals surface area (Å²) in [5.74, 6) is 0.976. The van der Waals surface area contributed by atoms with E-state index in [1.165, 1.54) is 0 Å². The van der Waals surface area contributed by atoms with Crippen LogP contribution in [0.1, 0.15) is 39.2 Å². The second-order valence-corrected chi connectivity index (χ2v) is 7.00. The lowest BCUT2D eigenvalue weighted by Gasteiger charge is -2.25. The molecule has 1 aromatic carbocycles. The predicted molar refractivity (Wildman–Crippen MR) is 81.8 cm³/mol. The van der Waals surface area contributed by atoms with E-state index in [0.717, 1.165) is 11.3 Å². The van der Waals surface area contributed by atoms with Crippen molar-refractivity contribution in [2.45, 2.75) is 39.7 Å². The lowest BCUT2D eigenvalue weighted by Crippen LogP contribution is -2.30. The molecular weight excluding hydrogens is 250 g/mol. The first-order valence-corrected chi connectivity index (χ1v) is 7.30. The van der Waals surface area contributed by atoms with E-state index in [2.05, 4.69) is 27.7 Å². The molecule has 0 heterocycles. The van der Waals surface area contributed by atoms with Gasteiger partial charge in [-0.15, -0.1) is 0 Å². The normalized spacial score (nSPS) is 23.1. The molecule has 0 spiro atoms. The zero-order valence-electron chi connectivity index (χ0n) is 13.2. The Bertz CT molecular complexity index is 468. The highest BCUT2D eigenvalue weighted by Gasteiger charge is 2.67. The Hall–Kier alpha value is -1.06. The van der Waals surface area contributed by atoms with E-state index >= 15 is 0 Å². The van der Waals surface area contributed by atoms with Gasteiger partial charge in [0.2, 0.25) is 0 Å². The molecule has 3 nitrogen and oxygen atoms in total. The molecular formula is C17H27NO2. The van der Waals surface area contributed by atoms with Crippen LogP contribution in [0.15, 0.2) is 24.3 Å². The van der Waals surface area contributed by atoms with Gasteiger partial charge < -0.3 is 15.6 Å². The highest BCUT2D eigenvalue weighted by atomic mass is 16.5. The number of ether oxygens (including phenoxy) is 1. The first-order chi connectivity index (χ1) is 9.29. The third kappa shape index (κ3) is 2.13. The van der Waals surface area contributed by atoms with Gasteiger partial charge in [-0.2, -0.15) is 0 Å². The molecule has 3 N–H and O–H groups in total. The Balaban J connectivity index is 2.30. The molecule has 1 aromatic rings. The summed E-state index contributed by atoms with van der Waals surface area (Å²) in [4.78, 5) is 0. The van der Waals surface area contributed by atoms with E-state index in [4.69, 9.17) is 10.5 Å². The molecule has 0 aliphatic heterocycles. The fraction of sp³-hybridized carbons (Fsp3) is 0.647. The number of aliphatic hydroxyl groups is 1. The first-order valence-electron chi connectivity index (χ1n) is 7.30.